The summed E-state index contributed by atoms with van der Waals surface area (Å²) in [7, 11) is 3.05. The van der Waals surface area contributed by atoms with Crippen LogP contribution in [0.25, 0.3) is 11.3 Å². The summed E-state index contributed by atoms with van der Waals surface area (Å²) in [6, 6.07) is 6.63. The molecule has 0 aromatic carbocycles. The lowest BCUT2D eigenvalue weighted by molar-refractivity contribution is -0.139. The van der Waals surface area contributed by atoms with Crippen LogP contribution in [-0.2, 0) is 23.0 Å². The molecule has 0 saturated heterocycles. The Balaban J connectivity index is 1.41. The van der Waals surface area contributed by atoms with Gasteiger partial charge in [0, 0.05) is 37.3 Å². The van der Waals surface area contributed by atoms with Crippen LogP contribution < -0.4 is 15.6 Å². The van der Waals surface area contributed by atoms with Gasteiger partial charge in [-0.2, -0.15) is 5.10 Å². The molecule has 4 heterocycles. The van der Waals surface area contributed by atoms with Gasteiger partial charge in [0.15, 0.2) is 0 Å². The van der Waals surface area contributed by atoms with Crippen molar-refractivity contribution < 1.29 is 19.1 Å². The van der Waals surface area contributed by atoms with E-state index >= 15 is 0 Å². The molecule has 2 N–H and O–H groups in total. The first kappa shape index (κ1) is 22.3. The molecule has 0 fully saturated rings. The highest BCUT2D eigenvalue weighted by molar-refractivity contribution is 6.03. The first-order chi connectivity index (χ1) is 16.4. The van der Waals surface area contributed by atoms with Gasteiger partial charge in [-0.05, 0) is 18.2 Å². The largest absolute Gasteiger partial charge is 0.469 e. The van der Waals surface area contributed by atoms with Gasteiger partial charge in [-0.3, -0.25) is 24.0 Å². The minimum Gasteiger partial charge on any atom is -0.469 e. The molecule has 4 rings (SSSR count). The highest BCUT2D eigenvalue weighted by Crippen LogP contribution is 2.25. The highest BCUT2D eigenvalue weighted by Gasteiger charge is 2.14. The van der Waals surface area contributed by atoms with Crippen molar-refractivity contribution >= 4 is 17.7 Å². The third kappa shape index (κ3) is 5.30. The van der Waals surface area contributed by atoms with Crippen molar-refractivity contribution in [3.63, 3.8) is 0 Å². The monoisotopic (exact) mass is 461 g/mol. The molecule has 0 unspecified atom stereocenters. The molecule has 4 aromatic rings. The number of H-pyrrole nitrogens is 1. The SMILES string of the molecule is COC(=O)Cc1ncc(C(=O)Nc2ccc(Oc3ccnc(-c4cnn(C)c4)c3)cn2)c(=O)[nH]1. The zero-order valence-corrected chi connectivity index (χ0v) is 18.2. The summed E-state index contributed by atoms with van der Waals surface area (Å²) in [6.45, 7) is 0. The molecule has 0 spiro atoms. The van der Waals surface area contributed by atoms with Crippen molar-refractivity contribution in [1.29, 1.82) is 0 Å². The molecule has 0 aliphatic carbocycles. The number of aryl methyl sites for hydroxylation is 1. The van der Waals surface area contributed by atoms with Crippen LogP contribution >= 0.6 is 0 Å². The molecule has 0 aliphatic heterocycles. The van der Waals surface area contributed by atoms with Crippen LogP contribution in [0.3, 0.4) is 0 Å². The number of esters is 1. The standard InChI is InChI=1S/C22H19N7O5/c1-29-12-13(9-26-29)17-7-14(5-6-23-17)34-15-3-4-18(24-10-15)27-21(31)16-11-25-19(28-22(16)32)8-20(30)33-2/h3-7,9-12H,8H2,1-2H3,(H,24,27,31)(H,25,28,32). The number of pyridine rings is 2. The Kier molecular flexibility index (Phi) is 6.39. The Bertz CT molecular complexity index is 1400. The molecule has 34 heavy (non-hydrogen) atoms. The molecular weight excluding hydrogens is 442 g/mol. The van der Waals surface area contributed by atoms with Gasteiger partial charge >= 0.3 is 5.97 Å². The van der Waals surface area contributed by atoms with Gasteiger partial charge in [-0.1, -0.05) is 0 Å². The summed E-state index contributed by atoms with van der Waals surface area (Å²) in [5, 5.41) is 6.65. The van der Waals surface area contributed by atoms with E-state index in [1.807, 2.05) is 13.2 Å². The van der Waals surface area contributed by atoms with E-state index < -0.39 is 17.4 Å². The number of aromatic nitrogens is 6. The fourth-order valence-electron chi connectivity index (χ4n) is 2.91. The Hall–Kier alpha value is -4.87. The van der Waals surface area contributed by atoms with Crippen LogP contribution in [0.2, 0.25) is 0 Å². The van der Waals surface area contributed by atoms with Gasteiger partial charge in [0.25, 0.3) is 11.5 Å². The van der Waals surface area contributed by atoms with Gasteiger partial charge < -0.3 is 19.8 Å². The number of aromatic amines is 1. The molecular formula is C22H19N7O5. The van der Waals surface area contributed by atoms with E-state index in [9.17, 15) is 14.4 Å². The van der Waals surface area contributed by atoms with Crippen LogP contribution in [-0.4, -0.2) is 48.7 Å². The molecule has 12 nitrogen and oxygen atoms in total. The number of rotatable bonds is 7. The first-order valence-electron chi connectivity index (χ1n) is 9.96. The van der Waals surface area contributed by atoms with Gasteiger partial charge in [0.2, 0.25) is 0 Å². The normalized spacial score (nSPS) is 10.5. The number of amides is 1. The summed E-state index contributed by atoms with van der Waals surface area (Å²) >= 11 is 0. The van der Waals surface area contributed by atoms with Crippen LogP contribution in [0.4, 0.5) is 5.82 Å². The average molecular weight is 461 g/mol. The smallest absolute Gasteiger partial charge is 0.313 e. The second-order valence-electron chi connectivity index (χ2n) is 7.04. The van der Waals surface area contributed by atoms with E-state index in [0.29, 0.717) is 17.2 Å². The number of anilines is 1. The number of methoxy groups -OCH3 is 1. The molecule has 0 radical (unpaired) electrons. The van der Waals surface area contributed by atoms with E-state index in [1.165, 1.54) is 19.4 Å². The lowest BCUT2D eigenvalue weighted by Gasteiger charge is -2.08. The van der Waals surface area contributed by atoms with Crippen molar-refractivity contribution in [2.75, 3.05) is 12.4 Å². The molecule has 0 atom stereocenters. The van der Waals surface area contributed by atoms with Crippen LogP contribution in [0.1, 0.15) is 16.2 Å². The summed E-state index contributed by atoms with van der Waals surface area (Å²) in [5.74, 6) is 0.0313. The van der Waals surface area contributed by atoms with Gasteiger partial charge in [-0.15, -0.1) is 0 Å². The summed E-state index contributed by atoms with van der Waals surface area (Å²) in [6.07, 6.45) is 7.49. The van der Waals surface area contributed by atoms with E-state index in [0.717, 1.165) is 11.8 Å². The van der Waals surface area contributed by atoms with Gasteiger partial charge in [0.1, 0.15) is 35.1 Å². The second kappa shape index (κ2) is 9.73. The van der Waals surface area contributed by atoms with Gasteiger partial charge in [-0.25, -0.2) is 9.97 Å². The van der Waals surface area contributed by atoms with E-state index in [-0.39, 0.29) is 23.6 Å². The average Bonchev–Trinajstić information content (AvgIpc) is 3.27. The molecule has 0 bridgehead atoms. The Labute approximate surface area is 192 Å². The van der Waals surface area contributed by atoms with Crippen molar-refractivity contribution in [1.82, 2.24) is 29.7 Å². The molecule has 172 valence electrons. The van der Waals surface area contributed by atoms with Gasteiger partial charge in [0.05, 0.1) is 25.2 Å². The van der Waals surface area contributed by atoms with Crippen LogP contribution in [0, 0.1) is 0 Å². The van der Waals surface area contributed by atoms with Crippen molar-refractivity contribution in [2.45, 2.75) is 6.42 Å². The number of ether oxygens (including phenoxy) is 2. The third-order valence-electron chi connectivity index (χ3n) is 4.58. The minimum absolute atomic E-state index is 0.0934. The van der Waals surface area contributed by atoms with E-state index in [4.69, 9.17) is 4.74 Å². The van der Waals surface area contributed by atoms with Crippen LogP contribution in [0.15, 0.2) is 60.0 Å². The number of nitrogens with one attached hydrogen (secondary N) is 2. The van der Waals surface area contributed by atoms with Crippen LogP contribution in [0.5, 0.6) is 11.5 Å². The third-order valence-corrected chi connectivity index (χ3v) is 4.58. The highest BCUT2D eigenvalue weighted by atomic mass is 16.5. The van der Waals surface area contributed by atoms with Crippen molar-refractivity contribution in [3.05, 3.63) is 77.0 Å². The Morgan fingerprint density at radius 1 is 1.09 bits per heavy atom. The Morgan fingerprint density at radius 3 is 2.62 bits per heavy atom. The maximum Gasteiger partial charge on any atom is 0.313 e. The number of hydrogen-bond acceptors (Lipinski definition) is 9. The zero-order chi connectivity index (χ0) is 24.1. The fourth-order valence-corrected chi connectivity index (χ4v) is 2.91. The number of hydrogen-bond donors (Lipinski definition) is 2. The fraction of sp³-hybridized carbons (Fsp3) is 0.136. The van der Waals surface area contributed by atoms with Crippen molar-refractivity contribution in [2.24, 2.45) is 7.05 Å². The topological polar surface area (TPSA) is 154 Å². The second-order valence-corrected chi connectivity index (χ2v) is 7.04. The summed E-state index contributed by atoms with van der Waals surface area (Å²) < 4.78 is 12.0. The van der Waals surface area contributed by atoms with Crippen molar-refractivity contribution in [3.8, 4) is 22.8 Å². The summed E-state index contributed by atoms with van der Waals surface area (Å²) in [4.78, 5) is 50.6. The molecule has 0 aliphatic rings. The maximum absolute atomic E-state index is 12.4. The molecule has 1 amide bonds. The predicted molar refractivity (Wildman–Crippen MR) is 119 cm³/mol. The first-order valence-corrected chi connectivity index (χ1v) is 9.96. The van der Waals surface area contributed by atoms with E-state index in [1.54, 1.807) is 35.3 Å². The quantitative estimate of drug-likeness (QED) is 0.392. The predicted octanol–water partition coefficient (Wildman–Crippen LogP) is 1.72. The lowest BCUT2D eigenvalue weighted by atomic mass is 10.2. The minimum atomic E-state index is -0.699. The number of carbonyl (C=O) groups excluding carboxylic acids is 2. The summed E-state index contributed by atoms with van der Waals surface area (Å²) in [5.41, 5.74) is 0.648. The lowest BCUT2D eigenvalue weighted by Crippen LogP contribution is -2.26. The number of nitrogens with zero attached hydrogens (tertiary/aromatic N) is 5. The molecule has 0 saturated carbocycles. The Morgan fingerprint density at radius 2 is 1.94 bits per heavy atom. The number of carbonyl (C=O) groups is 2. The van der Waals surface area contributed by atoms with E-state index in [2.05, 4.69) is 35.1 Å². The molecule has 12 heteroatoms. The zero-order valence-electron chi connectivity index (χ0n) is 18.2. The maximum atomic E-state index is 12.4. The molecule has 4 aromatic heterocycles.